The van der Waals surface area contributed by atoms with Crippen molar-refractivity contribution in [3.63, 3.8) is 0 Å². The number of halogens is 2. The fraction of sp³-hybridized carbons (Fsp3) is 0.625. The third kappa shape index (κ3) is 4.26. The normalized spacial score (nSPS) is 21.1. The molecule has 2 aliphatic rings. The molecule has 1 saturated heterocycles. The minimum atomic E-state index is -0.439. The Hall–Kier alpha value is -0.505. The smallest absolute Gasteiger partial charge is 0.376 e. The first kappa shape index (κ1) is 19.3. The molecule has 2 heterocycles. The standard InChI is InChI=1S/C16H23BBrClN2O4/c1-17(22)21-4-3-20-8-11-7-13(24-6-5-23-2)14(18)15(19)16(11)25-10-12(20)9-21/h7,12,22H,3-6,8-10H2,1-2H3/t12-/m1/s1. The topological polar surface area (TPSA) is 54.4 Å². The maximum atomic E-state index is 9.84. The highest BCUT2D eigenvalue weighted by molar-refractivity contribution is 9.10. The number of ether oxygens (including phenoxy) is 3. The van der Waals surface area contributed by atoms with Crippen molar-refractivity contribution in [2.24, 2.45) is 0 Å². The van der Waals surface area contributed by atoms with Crippen LogP contribution in [0.25, 0.3) is 0 Å². The quantitative estimate of drug-likeness (QED) is 0.567. The van der Waals surface area contributed by atoms with Gasteiger partial charge in [0.2, 0.25) is 0 Å². The fourth-order valence-electron chi connectivity index (χ4n) is 3.27. The largest absolute Gasteiger partial charge is 0.490 e. The van der Waals surface area contributed by atoms with Crippen molar-refractivity contribution < 1.29 is 19.2 Å². The molecule has 1 aromatic carbocycles. The van der Waals surface area contributed by atoms with Gasteiger partial charge in [-0.3, -0.25) is 4.90 Å². The summed E-state index contributed by atoms with van der Waals surface area (Å²) in [4.78, 5) is 4.45. The predicted octanol–water partition coefficient (Wildman–Crippen LogP) is 2.12. The fourth-order valence-corrected chi connectivity index (χ4v) is 3.95. The minimum Gasteiger partial charge on any atom is -0.490 e. The Bertz CT molecular complexity index is 622. The molecule has 9 heteroatoms. The highest BCUT2D eigenvalue weighted by atomic mass is 79.9. The van der Waals surface area contributed by atoms with E-state index in [0.717, 1.165) is 31.7 Å². The number of methoxy groups -OCH3 is 1. The van der Waals surface area contributed by atoms with Gasteiger partial charge in [-0.2, -0.15) is 0 Å². The summed E-state index contributed by atoms with van der Waals surface area (Å²) in [6.07, 6.45) is 0. The molecule has 1 fully saturated rings. The molecule has 0 unspecified atom stereocenters. The Morgan fingerprint density at radius 1 is 1.44 bits per heavy atom. The molecule has 25 heavy (non-hydrogen) atoms. The van der Waals surface area contributed by atoms with Crippen molar-refractivity contribution in [3.05, 3.63) is 21.1 Å². The van der Waals surface area contributed by atoms with Crippen LogP contribution >= 0.6 is 27.5 Å². The van der Waals surface area contributed by atoms with Gasteiger partial charge in [0.25, 0.3) is 0 Å². The second-order valence-corrected chi connectivity index (χ2v) is 7.57. The SMILES string of the molecule is COCCOc1cc2c(c(Cl)c1Br)OC[C@H]1CN(B(C)O)CCN1C2. The van der Waals surface area contributed by atoms with Gasteiger partial charge >= 0.3 is 7.05 Å². The van der Waals surface area contributed by atoms with Crippen LogP contribution in [0.1, 0.15) is 5.56 Å². The molecule has 0 saturated carbocycles. The van der Waals surface area contributed by atoms with Crippen molar-refractivity contribution in [2.45, 2.75) is 19.4 Å². The first-order chi connectivity index (χ1) is 12.0. The van der Waals surface area contributed by atoms with E-state index < -0.39 is 7.05 Å². The number of nitrogens with zero attached hydrogens (tertiary/aromatic N) is 2. The molecule has 2 aliphatic heterocycles. The van der Waals surface area contributed by atoms with Crippen molar-refractivity contribution in [1.29, 1.82) is 0 Å². The lowest BCUT2D eigenvalue weighted by molar-refractivity contribution is 0.0787. The molecule has 0 spiro atoms. The van der Waals surface area contributed by atoms with Crippen LogP contribution in [-0.4, -0.2) is 74.4 Å². The number of fused-ring (bicyclic) bond motifs is 2. The van der Waals surface area contributed by atoms with Crippen LogP contribution < -0.4 is 9.47 Å². The Kier molecular flexibility index (Phi) is 6.52. The van der Waals surface area contributed by atoms with Gasteiger partial charge in [0.1, 0.15) is 29.7 Å². The van der Waals surface area contributed by atoms with Gasteiger partial charge in [-0.25, -0.2) is 0 Å². The summed E-state index contributed by atoms with van der Waals surface area (Å²) in [5.41, 5.74) is 1.02. The molecule has 6 nitrogen and oxygen atoms in total. The number of piperazine rings is 1. The summed E-state index contributed by atoms with van der Waals surface area (Å²) in [7, 11) is 1.20. The molecule has 0 amide bonds. The molecule has 1 atom stereocenters. The number of hydrogen-bond donors (Lipinski definition) is 1. The van der Waals surface area contributed by atoms with E-state index in [2.05, 4.69) is 25.6 Å². The molecular weight excluding hydrogens is 410 g/mol. The van der Waals surface area contributed by atoms with E-state index in [0.29, 0.717) is 40.8 Å². The molecule has 138 valence electrons. The lowest BCUT2D eigenvalue weighted by Crippen LogP contribution is -2.57. The van der Waals surface area contributed by atoms with Crippen LogP contribution in [0.5, 0.6) is 11.5 Å². The molecule has 0 bridgehead atoms. The van der Waals surface area contributed by atoms with Crippen molar-refractivity contribution in [1.82, 2.24) is 9.71 Å². The summed E-state index contributed by atoms with van der Waals surface area (Å²) in [6, 6.07) is 2.22. The second kappa shape index (κ2) is 8.46. The second-order valence-electron chi connectivity index (χ2n) is 6.39. The molecule has 0 aromatic heterocycles. The summed E-state index contributed by atoms with van der Waals surface area (Å²) in [6.45, 7) is 6.58. The van der Waals surface area contributed by atoms with Gasteiger partial charge in [-0.05, 0) is 28.8 Å². The molecule has 1 N–H and O–H groups in total. The summed E-state index contributed by atoms with van der Waals surface area (Å²) < 4.78 is 17.6. The minimum absolute atomic E-state index is 0.225. The Morgan fingerprint density at radius 2 is 2.24 bits per heavy atom. The van der Waals surface area contributed by atoms with E-state index in [1.54, 1.807) is 13.9 Å². The lowest BCUT2D eigenvalue weighted by Gasteiger charge is -2.40. The van der Waals surface area contributed by atoms with Crippen molar-refractivity contribution in [2.75, 3.05) is 46.6 Å². The Balaban J connectivity index is 1.81. The molecule has 0 aliphatic carbocycles. The van der Waals surface area contributed by atoms with Crippen molar-refractivity contribution >= 4 is 34.6 Å². The Labute approximate surface area is 162 Å². The maximum absolute atomic E-state index is 9.84. The third-order valence-corrected chi connectivity index (χ3v) is 6.08. The zero-order chi connectivity index (χ0) is 18.0. The van der Waals surface area contributed by atoms with E-state index in [1.807, 2.05) is 6.07 Å². The number of rotatable bonds is 5. The number of benzene rings is 1. The van der Waals surface area contributed by atoms with E-state index in [9.17, 15) is 5.02 Å². The van der Waals surface area contributed by atoms with E-state index in [1.165, 1.54) is 0 Å². The van der Waals surface area contributed by atoms with E-state index in [4.69, 9.17) is 25.8 Å². The molecular formula is C16H23BBrClN2O4. The van der Waals surface area contributed by atoms with Gasteiger partial charge in [0.15, 0.2) is 0 Å². The first-order valence-corrected chi connectivity index (χ1v) is 9.60. The van der Waals surface area contributed by atoms with Crippen molar-refractivity contribution in [3.8, 4) is 11.5 Å². The predicted molar refractivity (Wildman–Crippen MR) is 102 cm³/mol. The highest BCUT2D eigenvalue weighted by Crippen LogP contribution is 2.43. The van der Waals surface area contributed by atoms with Crippen LogP contribution in [0.15, 0.2) is 10.5 Å². The van der Waals surface area contributed by atoms with Crippen LogP contribution in [0.3, 0.4) is 0 Å². The van der Waals surface area contributed by atoms with Gasteiger partial charge in [-0.1, -0.05) is 11.6 Å². The van der Waals surface area contributed by atoms with Gasteiger partial charge < -0.3 is 24.0 Å². The van der Waals surface area contributed by atoms with Crippen LogP contribution in [0, 0.1) is 0 Å². The summed E-state index contributed by atoms with van der Waals surface area (Å²) in [5.74, 6) is 1.41. The van der Waals surface area contributed by atoms with Gasteiger partial charge in [-0.15, -0.1) is 0 Å². The maximum Gasteiger partial charge on any atom is 0.376 e. The zero-order valence-corrected chi connectivity index (χ0v) is 16.8. The average Bonchev–Trinajstić information content (AvgIpc) is 2.77. The Morgan fingerprint density at radius 3 is 2.96 bits per heavy atom. The first-order valence-electron chi connectivity index (χ1n) is 8.42. The van der Waals surface area contributed by atoms with Gasteiger partial charge in [0, 0.05) is 38.9 Å². The van der Waals surface area contributed by atoms with Gasteiger partial charge in [0.05, 0.1) is 17.1 Å². The molecule has 0 radical (unpaired) electrons. The molecule has 1 aromatic rings. The third-order valence-electron chi connectivity index (χ3n) is 4.71. The van der Waals surface area contributed by atoms with E-state index in [-0.39, 0.29) is 6.04 Å². The highest BCUT2D eigenvalue weighted by Gasteiger charge is 2.34. The summed E-state index contributed by atoms with van der Waals surface area (Å²) >= 11 is 10.0. The monoisotopic (exact) mass is 432 g/mol. The zero-order valence-electron chi connectivity index (χ0n) is 14.5. The lowest BCUT2D eigenvalue weighted by atomic mass is 9.83. The molecule has 3 rings (SSSR count). The number of hydrogen-bond acceptors (Lipinski definition) is 6. The van der Waals surface area contributed by atoms with Crippen LogP contribution in [0.4, 0.5) is 0 Å². The van der Waals surface area contributed by atoms with Crippen LogP contribution in [-0.2, 0) is 11.3 Å². The van der Waals surface area contributed by atoms with Crippen LogP contribution in [0.2, 0.25) is 11.8 Å². The summed E-state index contributed by atoms with van der Waals surface area (Å²) in [5, 5.41) is 10.4. The van der Waals surface area contributed by atoms with E-state index >= 15 is 0 Å². The average molecular weight is 434 g/mol.